The Morgan fingerprint density at radius 3 is 1.80 bits per heavy atom. The van der Waals surface area contributed by atoms with Crippen LogP contribution >= 0.6 is 0 Å². The second-order valence-corrected chi connectivity index (χ2v) is 3.98. The SMILES string of the molecule is CC(C)(O)CC(C)(C)C#N. The van der Waals surface area contributed by atoms with Crippen molar-refractivity contribution in [3.05, 3.63) is 0 Å². The Labute approximate surface area is 62.5 Å². The van der Waals surface area contributed by atoms with Crippen molar-refractivity contribution in [3.8, 4) is 6.07 Å². The summed E-state index contributed by atoms with van der Waals surface area (Å²) in [6.07, 6.45) is 0.510. The van der Waals surface area contributed by atoms with Crippen LogP contribution in [0.3, 0.4) is 0 Å². The molecule has 0 rings (SSSR count). The van der Waals surface area contributed by atoms with E-state index in [-0.39, 0.29) is 0 Å². The van der Waals surface area contributed by atoms with E-state index in [0.717, 1.165) is 0 Å². The zero-order valence-corrected chi connectivity index (χ0v) is 7.10. The molecule has 0 aromatic heterocycles. The number of rotatable bonds is 2. The molecule has 1 N–H and O–H groups in total. The van der Waals surface area contributed by atoms with E-state index in [2.05, 4.69) is 6.07 Å². The van der Waals surface area contributed by atoms with Crippen LogP contribution in [-0.4, -0.2) is 10.7 Å². The van der Waals surface area contributed by atoms with E-state index >= 15 is 0 Å². The maximum absolute atomic E-state index is 9.33. The molecule has 0 bridgehead atoms. The smallest absolute Gasteiger partial charge is 0.0685 e. The van der Waals surface area contributed by atoms with E-state index in [1.807, 2.05) is 13.8 Å². The average molecular weight is 141 g/mol. The third kappa shape index (κ3) is 4.34. The Morgan fingerprint density at radius 2 is 1.70 bits per heavy atom. The highest BCUT2D eigenvalue weighted by Gasteiger charge is 2.26. The van der Waals surface area contributed by atoms with Crippen LogP contribution in [0.2, 0.25) is 0 Å². The van der Waals surface area contributed by atoms with Gasteiger partial charge in [0.05, 0.1) is 17.1 Å². The summed E-state index contributed by atoms with van der Waals surface area (Å²) in [4.78, 5) is 0. The molecule has 0 aliphatic heterocycles. The molecule has 0 atom stereocenters. The topological polar surface area (TPSA) is 44.0 Å². The molecule has 0 spiro atoms. The number of hydrogen-bond donors (Lipinski definition) is 1. The van der Waals surface area contributed by atoms with Gasteiger partial charge in [-0.05, 0) is 34.1 Å². The van der Waals surface area contributed by atoms with Crippen molar-refractivity contribution in [2.75, 3.05) is 0 Å². The van der Waals surface area contributed by atoms with Gasteiger partial charge in [-0.25, -0.2) is 0 Å². The standard InChI is InChI=1S/C8H15NO/c1-7(2,6-9)5-8(3,4)10/h10H,5H2,1-4H3. The van der Waals surface area contributed by atoms with Gasteiger partial charge in [0.25, 0.3) is 0 Å². The van der Waals surface area contributed by atoms with Crippen molar-refractivity contribution in [2.24, 2.45) is 5.41 Å². The van der Waals surface area contributed by atoms with Crippen molar-refractivity contribution in [1.82, 2.24) is 0 Å². The Bertz CT molecular complexity index is 148. The van der Waals surface area contributed by atoms with Gasteiger partial charge >= 0.3 is 0 Å². The molecule has 0 fully saturated rings. The number of aliphatic hydroxyl groups is 1. The third-order valence-electron chi connectivity index (χ3n) is 1.18. The minimum absolute atomic E-state index is 0.418. The summed E-state index contributed by atoms with van der Waals surface area (Å²) >= 11 is 0. The van der Waals surface area contributed by atoms with Gasteiger partial charge < -0.3 is 5.11 Å². The Hall–Kier alpha value is -0.550. The normalized spacial score (nSPS) is 12.8. The quantitative estimate of drug-likeness (QED) is 0.636. The van der Waals surface area contributed by atoms with Gasteiger partial charge in [0.2, 0.25) is 0 Å². The monoisotopic (exact) mass is 141 g/mol. The molecule has 0 aromatic rings. The van der Waals surface area contributed by atoms with Crippen LogP contribution in [0.25, 0.3) is 0 Å². The first-order valence-corrected chi connectivity index (χ1v) is 3.40. The zero-order valence-electron chi connectivity index (χ0n) is 7.10. The fraction of sp³-hybridized carbons (Fsp3) is 0.875. The van der Waals surface area contributed by atoms with E-state index in [9.17, 15) is 5.11 Å². The number of nitriles is 1. The van der Waals surface area contributed by atoms with E-state index in [0.29, 0.717) is 6.42 Å². The minimum Gasteiger partial charge on any atom is -0.390 e. The molecular formula is C8H15NO. The van der Waals surface area contributed by atoms with Crippen LogP contribution in [0.4, 0.5) is 0 Å². The molecule has 0 amide bonds. The van der Waals surface area contributed by atoms with Crippen molar-refractivity contribution in [1.29, 1.82) is 5.26 Å². The molecule has 0 unspecified atom stereocenters. The zero-order chi connectivity index (χ0) is 8.41. The predicted octanol–water partition coefficient (Wildman–Crippen LogP) is 1.70. The van der Waals surface area contributed by atoms with Crippen molar-refractivity contribution < 1.29 is 5.11 Å². The summed E-state index contributed by atoms with van der Waals surface area (Å²) in [5, 5.41) is 17.9. The molecule has 0 saturated carbocycles. The summed E-state index contributed by atoms with van der Waals surface area (Å²) in [5.41, 5.74) is -1.16. The third-order valence-corrected chi connectivity index (χ3v) is 1.18. The van der Waals surface area contributed by atoms with Crippen molar-refractivity contribution in [3.63, 3.8) is 0 Å². The van der Waals surface area contributed by atoms with E-state index in [1.54, 1.807) is 13.8 Å². The molecule has 0 aliphatic carbocycles. The molecule has 0 aliphatic rings. The molecule has 0 radical (unpaired) electrons. The second kappa shape index (κ2) is 2.59. The Balaban J connectivity index is 4.05. The minimum atomic E-state index is -0.737. The van der Waals surface area contributed by atoms with E-state index < -0.39 is 11.0 Å². The Kier molecular flexibility index (Phi) is 2.45. The highest BCUT2D eigenvalue weighted by molar-refractivity contribution is 4.95. The van der Waals surface area contributed by atoms with Crippen LogP contribution in [0.5, 0.6) is 0 Å². The lowest BCUT2D eigenvalue weighted by Crippen LogP contribution is -2.27. The molecule has 0 saturated heterocycles. The molecule has 2 nitrogen and oxygen atoms in total. The highest BCUT2D eigenvalue weighted by atomic mass is 16.3. The number of nitrogens with zero attached hydrogens (tertiary/aromatic N) is 1. The lowest BCUT2D eigenvalue weighted by atomic mass is 9.83. The molecule has 0 heterocycles. The van der Waals surface area contributed by atoms with Crippen LogP contribution in [0.1, 0.15) is 34.1 Å². The summed E-state index contributed by atoms with van der Waals surface area (Å²) in [6.45, 7) is 7.08. The molecule has 58 valence electrons. The fourth-order valence-electron chi connectivity index (χ4n) is 1.12. The first-order chi connectivity index (χ1) is 4.27. The molecule has 10 heavy (non-hydrogen) atoms. The molecule has 0 aromatic carbocycles. The fourth-order valence-corrected chi connectivity index (χ4v) is 1.12. The van der Waals surface area contributed by atoms with Crippen LogP contribution in [-0.2, 0) is 0 Å². The van der Waals surface area contributed by atoms with E-state index in [1.165, 1.54) is 0 Å². The van der Waals surface area contributed by atoms with Gasteiger partial charge in [-0.3, -0.25) is 0 Å². The van der Waals surface area contributed by atoms with Gasteiger partial charge in [0.1, 0.15) is 0 Å². The largest absolute Gasteiger partial charge is 0.390 e. The van der Waals surface area contributed by atoms with Crippen LogP contribution in [0, 0.1) is 16.7 Å². The Morgan fingerprint density at radius 1 is 1.30 bits per heavy atom. The van der Waals surface area contributed by atoms with Crippen molar-refractivity contribution in [2.45, 2.75) is 39.7 Å². The molecular weight excluding hydrogens is 126 g/mol. The predicted molar refractivity (Wildman–Crippen MR) is 40.3 cm³/mol. The van der Waals surface area contributed by atoms with Gasteiger partial charge in [0, 0.05) is 0 Å². The molecule has 2 heteroatoms. The summed E-state index contributed by atoms with van der Waals surface area (Å²) in [7, 11) is 0. The average Bonchev–Trinajstić information content (AvgIpc) is 1.60. The van der Waals surface area contributed by atoms with Crippen LogP contribution < -0.4 is 0 Å². The van der Waals surface area contributed by atoms with Gasteiger partial charge in [-0.15, -0.1) is 0 Å². The highest BCUT2D eigenvalue weighted by Crippen LogP contribution is 2.26. The first-order valence-electron chi connectivity index (χ1n) is 3.40. The van der Waals surface area contributed by atoms with Gasteiger partial charge in [0.15, 0.2) is 0 Å². The second-order valence-electron chi connectivity index (χ2n) is 3.98. The van der Waals surface area contributed by atoms with Gasteiger partial charge in [-0.1, -0.05) is 0 Å². The summed E-state index contributed by atoms with van der Waals surface area (Å²) in [6, 6.07) is 2.14. The maximum atomic E-state index is 9.33. The summed E-state index contributed by atoms with van der Waals surface area (Å²) in [5.74, 6) is 0. The maximum Gasteiger partial charge on any atom is 0.0685 e. The van der Waals surface area contributed by atoms with Crippen LogP contribution in [0.15, 0.2) is 0 Å². The van der Waals surface area contributed by atoms with Gasteiger partial charge in [-0.2, -0.15) is 5.26 Å². The summed E-state index contributed by atoms with van der Waals surface area (Å²) < 4.78 is 0. The van der Waals surface area contributed by atoms with E-state index in [4.69, 9.17) is 5.26 Å². The lowest BCUT2D eigenvalue weighted by Gasteiger charge is -2.24. The lowest BCUT2D eigenvalue weighted by molar-refractivity contribution is 0.0455. The first kappa shape index (κ1) is 9.45. The van der Waals surface area contributed by atoms with Crippen molar-refractivity contribution >= 4 is 0 Å². The number of hydrogen-bond acceptors (Lipinski definition) is 2.